The molecule has 2 heterocycles. The van der Waals surface area contributed by atoms with Crippen LogP contribution >= 0.6 is 0 Å². The monoisotopic (exact) mass is 490 g/mol. The lowest BCUT2D eigenvalue weighted by Gasteiger charge is -2.33. The molecule has 0 bridgehead atoms. The summed E-state index contributed by atoms with van der Waals surface area (Å²) in [5.74, 6) is -5.14. The molecule has 0 unspecified atom stereocenters. The Morgan fingerprint density at radius 2 is 1.74 bits per heavy atom. The van der Waals surface area contributed by atoms with Crippen molar-refractivity contribution in [2.75, 3.05) is 19.5 Å². The molecule has 0 aliphatic rings. The molecule has 0 amide bonds. The van der Waals surface area contributed by atoms with Crippen LogP contribution in [0.25, 0.3) is 16.8 Å². The first kappa shape index (κ1) is 24.3. The molecule has 0 saturated carbocycles. The van der Waals surface area contributed by atoms with E-state index >= 15 is 4.39 Å². The maximum atomic E-state index is 15.4. The molecule has 3 N–H and O–H groups in total. The van der Waals surface area contributed by atoms with Gasteiger partial charge in [-0.15, -0.1) is 5.10 Å². The number of methoxy groups -OCH3 is 1. The average molecular weight is 490 g/mol. The second-order valence-electron chi connectivity index (χ2n) is 8.03. The van der Waals surface area contributed by atoms with Crippen LogP contribution in [0.4, 0.5) is 23.5 Å². The third-order valence-electron chi connectivity index (χ3n) is 5.72. The quantitative estimate of drug-likeness (QED) is 0.351. The Morgan fingerprint density at radius 3 is 2.43 bits per heavy atom. The standard InChI is InChI=1S/C24H22F4N4O3/c1-23(33,15-3-5-16(25)6-4-15)24(27,28)10-12-35-18-8-7-17(34-2)20(21(18)26)14-9-11-32-19(13-14)30-22(29)31-32/h3-9,11,13,33H,10,12H2,1-2H3,(H2,29,31)/t23-/m1/s1. The fourth-order valence-corrected chi connectivity index (χ4v) is 3.66. The number of fused-ring (bicyclic) bond motifs is 1. The molecule has 1 atom stereocenters. The van der Waals surface area contributed by atoms with Crippen LogP contribution in [0.1, 0.15) is 18.9 Å². The zero-order valence-electron chi connectivity index (χ0n) is 18.8. The number of halogens is 4. The third kappa shape index (κ3) is 4.59. The molecule has 4 rings (SSSR count). The lowest BCUT2D eigenvalue weighted by Crippen LogP contribution is -2.43. The number of rotatable bonds is 8. The van der Waals surface area contributed by atoms with Gasteiger partial charge in [-0.3, -0.25) is 0 Å². The number of nitrogens with two attached hydrogens (primary N) is 1. The van der Waals surface area contributed by atoms with Crippen LogP contribution in [-0.2, 0) is 5.60 Å². The molecule has 0 spiro atoms. The van der Waals surface area contributed by atoms with Gasteiger partial charge in [0.05, 0.1) is 19.3 Å². The summed E-state index contributed by atoms with van der Waals surface area (Å²) < 4.78 is 70.3. The number of benzene rings is 2. The van der Waals surface area contributed by atoms with Crippen molar-refractivity contribution in [3.8, 4) is 22.6 Å². The number of pyridine rings is 1. The largest absolute Gasteiger partial charge is 0.496 e. The number of hydrogen-bond donors (Lipinski definition) is 2. The molecular formula is C24H22F4N4O3. The van der Waals surface area contributed by atoms with Crippen LogP contribution in [0, 0.1) is 11.6 Å². The minimum absolute atomic E-state index is 0.0409. The maximum absolute atomic E-state index is 15.4. The first-order valence-electron chi connectivity index (χ1n) is 10.5. The van der Waals surface area contributed by atoms with Crippen LogP contribution in [-0.4, -0.2) is 39.3 Å². The number of anilines is 1. The second kappa shape index (κ2) is 9.06. The van der Waals surface area contributed by atoms with Crippen molar-refractivity contribution >= 4 is 11.6 Å². The van der Waals surface area contributed by atoms with Crippen molar-refractivity contribution < 1.29 is 32.1 Å². The van der Waals surface area contributed by atoms with E-state index in [4.69, 9.17) is 15.2 Å². The van der Waals surface area contributed by atoms with E-state index in [0.717, 1.165) is 31.2 Å². The number of aliphatic hydroxyl groups is 1. The lowest BCUT2D eigenvalue weighted by atomic mass is 9.87. The predicted octanol–water partition coefficient (Wildman–Crippen LogP) is 4.58. The Bertz CT molecular complexity index is 1360. The molecule has 0 radical (unpaired) electrons. The Balaban J connectivity index is 1.56. The Hall–Kier alpha value is -3.86. The molecule has 11 heteroatoms. The van der Waals surface area contributed by atoms with E-state index in [-0.39, 0.29) is 28.6 Å². The lowest BCUT2D eigenvalue weighted by molar-refractivity contribution is -0.184. The van der Waals surface area contributed by atoms with Gasteiger partial charge in [0.25, 0.3) is 5.92 Å². The van der Waals surface area contributed by atoms with Gasteiger partial charge in [-0.1, -0.05) is 12.1 Å². The van der Waals surface area contributed by atoms with Gasteiger partial charge in [0.15, 0.2) is 22.8 Å². The van der Waals surface area contributed by atoms with E-state index in [2.05, 4.69) is 10.1 Å². The van der Waals surface area contributed by atoms with Crippen LogP contribution in [0.2, 0.25) is 0 Å². The zero-order valence-corrected chi connectivity index (χ0v) is 18.8. The van der Waals surface area contributed by atoms with Gasteiger partial charge in [-0.2, -0.15) is 4.98 Å². The molecule has 2 aromatic carbocycles. The number of hydrogen-bond acceptors (Lipinski definition) is 6. The molecule has 0 aliphatic carbocycles. The van der Waals surface area contributed by atoms with Crippen LogP contribution in [0.3, 0.4) is 0 Å². The molecule has 7 nitrogen and oxygen atoms in total. The summed E-state index contributed by atoms with van der Waals surface area (Å²) in [5.41, 5.74) is 3.64. The summed E-state index contributed by atoms with van der Waals surface area (Å²) in [5, 5.41) is 14.4. The van der Waals surface area contributed by atoms with Crippen LogP contribution < -0.4 is 15.2 Å². The van der Waals surface area contributed by atoms with Crippen LogP contribution in [0.15, 0.2) is 54.7 Å². The van der Waals surface area contributed by atoms with Crippen molar-refractivity contribution in [2.24, 2.45) is 0 Å². The molecule has 0 fully saturated rings. The van der Waals surface area contributed by atoms with E-state index in [1.165, 1.54) is 23.8 Å². The van der Waals surface area contributed by atoms with Crippen molar-refractivity contribution in [3.63, 3.8) is 0 Å². The normalized spacial score (nSPS) is 13.6. The van der Waals surface area contributed by atoms with Gasteiger partial charge in [0, 0.05) is 12.6 Å². The van der Waals surface area contributed by atoms with Gasteiger partial charge < -0.3 is 20.3 Å². The molecule has 184 valence electrons. The highest BCUT2D eigenvalue weighted by atomic mass is 19.3. The van der Waals surface area contributed by atoms with Gasteiger partial charge >= 0.3 is 0 Å². The minimum Gasteiger partial charge on any atom is -0.496 e. The topological polar surface area (TPSA) is 94.9 Å². The Kier molecular flexibility index (Phi) is 6.28. The number of nitrogen functional groups attached to an aromatic ring is 1. The highest BCUT2D eigenvalue weighted by Crippen LogP contribution is 2.41. The summed E-state index contributed by atoms with van der Waals surface area (Å²) in [6.45, 7) is 0.326. The van der Waals surface area contributed by atoms with E-state index < -0.39 is 36.2 Å². The number of nitrogens with zero attached hydrogens (tertiary/aromatic N) is 3. The Morgan fingerprint density at radius 1 is 1.06 bits per heavy atom. The third-order valence-corrected chi connectivity index (χ3v) is 5.72. The summed E-state index contributed by atoms with van der Waals surface area (Å²) in [7, 11) is 1.37. The van der Waals surface area contributed by atoms with Gasteiger partial charge in [-0.25, -0.2) is 22.1 Å². The first-order valence-corrected chi connectivity index (χ1v) is 10.5. The van der Waals surface area contributed by atoms with E-state index in [9.17, 15) is 18.3 Å². The highest BCUT2D eigenvalue weighted by molar-refractivity contribution is 5.75. The number of ether oxygens (including phenoxy) is 2. The van der Waals surface area contributed by atoms with Crippen molar-refractivity contribution in [2.45, 2.75) is 24.9 Å². The molecule has 4 aromatic rings. The number of aromatic nitrogens is 3. The molecule has 35 heavy (non-hydrogen) atoms. The molecule has 0 aliphatic heterocycles. The summed E-state index contributed by atoms with van der Waals surface area (Å²) in [6, 6.07) is 9.96. The van der Waals surface area contributed by atoms with Gasteiger partial charge in [0.2, 0.25) is 5.95 Å². The first-order chi connectivity index (χ1) is 16.5. The second-order valence-corrected chi connectivity index (χ2v) is 8.03. The minimum atomic E-state index is -3.66. The van der Waals surface area contributed by atoms with E-state index in [0.29, 0.717) is 11.2 Å². The van der Waals surface area contributed by atoms with Crippen LogP contribution in [0.5, 0.6) is 11.5 Å². The summed E-state index contributed by atoms with van der Waals surface area (Å²) in [6.07, 6.45) is 0.613. The maximum Gasteiger partial charge on any atom is 0.283 e. The van der Waals surface area contributed by atoms with Crippen molar-refractivity contribution in [1.82, 2.24) is 14.6 Å². The predicted molar refractivity (Wildman–Crippen MR) is 120 cm³/mol. The highest BCUT2D eigenvalue weighted by Gasteiger charge is 2.49. The number of alkyl halides is 2. The summed E-state index contributed by atoms with van der Waals surface area (Å²) in [4.78, 5) is 4.04. The van der Waals surface area contributed by atoms with E-state index in [1.54, 1.807) is 18.3 Å². The zero-order chi connectivity index (χ0) is 25.4. The SMILES string of the molecule is COc1ccc(OCCC(F)(F)[C@](C)(O)c2ccc(F)cc2)c(F)c1-c1ccn2nc(N)nc2c1. The van der Waals surface area contributed by atoms with Crippen molar-refractivity contribution in [1.29, 1.82) is 0 Å². The summed E-state index contributed by atoms with van der Waals surface area (Å²) >= 11 is 0. The molecule has 0 saturated heterocycles. The molecule has 2 aromatic heterocycles. The average Bonchev–Trinajstić information content (AvgIpc) is 3.19. The smallest absolute Gasteiger partial charge is 0.283 e. The van der Waals surface area contributed by atoms with E-state index in [1.807, 2.05) is 0 Å². The Labute approximate surface area is 197 Å². The molecular weight excluding hydrogens is 468 g/mol. The van der Waals surface area contributed by atoms with Gasteiger partial charge in [0.1, 0.15) is 11.6 Å². The van der Waals surface area contributed by atoms with Gasteiger partial charge in [-0.05, 0) is 54.4 Å². The fraction of sp³-hybridized carbons (Fsp3) is 0.250. The van der Waals surface area contributed by atoms with Crippen molar-refractivity contribution in [3.05, 3.63) is 71.9 Å². The fourth-order valence-electron chi connectivity index (χ4n) is 3.66.